The van der Waals surface area contributed by atoms with Gasteiger partial charge in [-0.2, -0.15) is 0 Å². The molecule has 0 aromatic rings. The molecule has 6 nitrogen and oxygen atoms in total. The first kappa shape index (κ1) is 38.1. The molecule has 0 heterocycles. The summed E-state index contributed by atoms with van der Waals surface area (Å²) in [4.78, 5) is 15.7. The Hall–Kier alpha value is -1.11. The molecule has 8 atom stereocenters. The largest absolute Gasteiger partial charge is 0.446 e. The van der Waals surface area contributed by atoms with Crippen molar-refractivity contribution in [3.8, 4) is 0 Å². The van der Waals surface area contributed by atoms with Gasteiger partial charge in [0.1, 0.15) is 6.10 Å². The Morgan fingerprint density at radius 1 is 1.00 bits per heavy atom. The van der Waals surface area contributed by atoms with Gasteiger partial charge in [-0.15, -0.1) is 0 Å². The van der Waals surface area contributed by atoms with Crippen molar-refractivity contribution in [1.82, 2.24) is 10.2 Å². The van der Waals surface area contributed by atoms with Crippen molar-refractivity contribution in [2.75, 3.05) is 39.3 Å². The Bertz CT molecular complexity index is 1100. The van der Waals surface area contributed by atoms with Crippen molar-refractivity contribution in [3.05, 3.63) is 11.6 Å². The van der Waals surface area contributed by atoms with Gasteiger partial charge < -0.3 is 26.4 Å². The van der Waals surface area contributed by atoms with Gasteiger partial charge in [0.05, 0.1) is 0 Å². The van der Waals surface area contributed by atoms with E-state index < -0.39 is 0 Å². The third kappa shape index (κ3) is 8.50. The molecule has 0 radical (unpaired) electrons. The molecule has 5 aliphatic rings. The van der Waals surface area contributed by atoms with Crippen LogP contribution in [0.3, 0.4) is 0 Å². The van der Waals surface area contributed by atoms with Crippen LogP contribution in [0.4, 0.5) is 4.79 Å². The van der Waals surface area contributed by atoms with E-state index in [1.54, 1.807) is 5.57 Å². The van der Waals surface area contributed by atoms with Gasteiger partial charge in [0.2, 0.25) is 0 Å². The van der Waals surface area contributed by atoms with Gasteiger partial charge in [0.25, 0.3) is 0 Å². The van der Waals surface area contributed by atoms with Gasteiger partial charge >= 0.3 is 6.09 Å². The average Bonchev–Trinajstić information content (AvgIpc) is 3.74. The molecule has 0 unspecified atom stereocenters. The lowest BCUT2D eigenvalue weighted by molar-refractivity contribution is -0.0596. The fourth-order valence-corrected chi connectivity index (χ4v) is 11.3. The molecule has 0 aliphatic heterocycles. The number of ether oxygens (including phenoxy) is 1. The zero-order valence-electron chi connectivity index (χ0n) is 32.4. The van der Waals surface area contributed by atoms with E-state index in [-0.39, 0.29) is 23.0 Å². The monoisotopic (exact) mass is 669 g/mol. The Balaban J connectivity index is 1.15. The van der Waals surface area contributed by atoms with E-state index in [9.17, 15) is 4.79 Å². The van der Waals surface area contributed by atoms with Crippen LogP contribution in [0.25, 0.3) is 0 Å². The minimum atomic E-state index is -0.139. The van der Waals surface area contributed by atoms with Crippen LogP contribution in [0.2, 0.25) is 0 Å². The molecule has 1 amide bonds. The van der Waals surface area contributed by atoms with E-state index in [4.69, 9.17) is 16.2 Å². The summed E-state index contributed by atoms with van der Waals surface area (Å²) in [6.07, 6.45) is 21.2. The third-order valence-corrected chi connectivity index (χ3v) is 14.9. The number of hydrogen-bond donors (Lipinski definition) is 3. The fourth-order valence-electron chi connectivity index (χ4n) is 11.3. The second-order valence-electron chi connectivity index (χ2n) is 19.4. The van der Waals surface area contributed by atoms with Crippen LogP contribution < -0.4 is 16.8 Å². The molecule has 4 saturated carbocycles. The highest BCUT2D eigenvalue weighted by atomic mass is 16.6. The molecule has 0 aromatic heterocycles. The molecule has 0 saturated heterocycles. The lowest BCUT2D eigenvalue weighted by Crippen LogP contribution is -2.51. The predicted octanol–water partition coefficient (Wildman–Crippen LogP) is 8.93. The van der Waals surface area contributed by atoms with Crippen molar-refractivity contribution < 1.29 is 9.53 Å². The number of nitrogens with two attached hydrogens (primary N) is 2. The summed E-state index contributed by atoms with van der Waals surface area (Å²) in [7, 11) is 0. The van der Waals surface area contributed by atoms with Gasteiger partial charge in [0.15, 0.2) is 0 Å². The molecule has 5 N–H and O–H groups in total. The highest BCUT2D eigenvalue weighted by Gasteiger charge is 2.59. The number of hydrogen-bond acceptors (Lipinski definition) is 5. The topological polar surface area (TPSA) is 93.6 Å². The van der Waals surface area contributed by atoms with Crippen molar-refractivity contribution in [2.45, 2.75) is 151 Å². The minimum absolute atomic E-state index is 0.0130. The number of rotatable bonds is 17. The molecular formula is C42H76N4O2. The summed E-state index contributed by atoms with van der Waals surface area (Å²) in [5.41, 5.74) is 14.7. The van der Waals surface area contributed by atoms with Crippen LogP contribution in [0.15, 0.2) is 11.6 Å². The first-order chi connectivity index (χ1) is 22.8. The summed E-state index contributed by atoms with van der Waals surface area (Å²) in [6, 6.07) is 0. The second-order valence-corrected chi connectivity index (χ2v) is 19.4. The minimum Gasteiger partial charge on any atom is -0.446 e. The smallest absolute Gasteiger partial charge is 0.410 e. The van der Waals surface area contributed by atoms with Gasteiger partial charge in [0, 0.05) is 26.1 Å². The second kappa shape index (κ2) is 15.6. The maximum absolute atomic E-state index is 13.7. The van der Waals surface area contributed by atoms with Crippen molar-refractivity contribution in [2.24, 2.45) is 68.6 Å². The average molecular weight is 669 g/mol. The molecule has 5 rings (SSSR count). The molecule has 6 heteroatoms. The van der Waals surface area contributed by atoms with Crippen LogP contribution in [-0.2, 0) is 4.74 Å². The number of nitrogens with zero attached hydrogens (tertiary/aromatic N) is 1. The maximum Gasteiger partial charge on any atom is 0.410 e. The maximum atomic E-state index is 13.7. The van der Waals surface area contributed by atoms with E-state index in [2.05, 4.69) is 59.9 Å². The number of carbonyl (C=O) groups excluding carboxylic acids is 1. The van der Waals surface area contributed by atoms with E-state index in [1.807, 2.05) is 4.90 Å². The van der Waals surface area contributed by atoms with Crippen LogP contribution in [-0.4, -0.2) is 56.4 Å². The summed E-state index contributed by atoms with van der Waals surface area (Å²) in [6.45, 7) is 21.6. The van der Waals surface area contributed by atoms with E-state index in [0.29, 0.717) is 23.9 Å². The predicted molar refractivity (Wildman–Crippen MR) is 201 cm³/mol. The van der Waals surface area contributed by atoms with Crippen LogP contribution in [0.5, 0.6) is 0 Å². The SMILES string of the molecule is CC(C)CCC[C@@H](C)[C@H]1CC[C@H]2[C@@H]3CC=C4C[C@@H](OC(=O)N(CCCCNCC5(CN)CC5)CC(C)(C)CN)CC[C@]4(C)[C@H]3CC[C@]12C. The summed E-state index contributed by atoms with van der Waals surface area (Å²) in [5.74, 6) is 5.08. The number of carbonyl (C=O) groups is 1. The standard InChI is InChI=1S/C42H76N4O2/c1-30(2)11-10-12-31(3)35-15-16-36-34-14-13-32-25-33(17-19-40(32,6)37(34)18-20-41(35,36)7)48-38(47)46(29-39(4,5)26-43)24-9-8-23-45-28-42(27-44)21-22-42/h13,30-31,33-37,45H,8-12,14-29,43-44H2,1-7H3/t31-,33+,34+,35-,36+,37+,40+,41-/m1/s1. The summed E-state index contributed by atoms with van der Waals surface area (Å²) in [5, 5.41) is 3.61. The molecule has 0 bridgehead atoms. The Labute approximate surface area is 295 Å². The number of nitrogens with one attached hydrogen (secondary N) is 1. The van der Waals surface area contributed by atoms with E-state index in [1.165, 1.54) is 64.2 Å². The fraction of sp³-hybridized carbons (Fsp3) is 0.929. The van der Waals surface area contributed by atoms with E-state index in [0.717, 1.165) is 93.8 Å². The molecule has 276 valence electrons. The lowest BCUT2D eigenvalue weighted by atomic mass is 9.47. The third-order valence-electron chi connectivity index (χ3n) is 14.9. The Morgan fingerprint density at radius 2 is 1.77 bits per heavy atom. The van der Waals surface area contributed by atoms with Crippen LogP contribution in [0, 0.1) is 57.2 Å². The zero-order valence-corrected chi connectivity index (χ0v) is 32.4. The molecule has 4 fully saturated rings. The summed E-state index contributed by atoms with van der Waals surface area (Å²) >= 11 is 0. The highest BCUT2D eigenvalue weighted by molar-refractivity contribution is 5.68. The molecule has 0 spiro atoms. The summed E-state index contributed by atoms with van der Waals surface area (Å²) < 4.78 is 6.37. The quantitative estimate of drug-likeness (QED) is 0.106. The number of fused-ring (bicyclic) bond motifs is 5. The molecule has 5 aliphatic carbocycles. The number of amides is 1. The Kier molecular flexibility index (Phi) is 12.4. The highest BCUT2D eigenvalue weighted by Crippen LogP contribution is 2.67. The van der Waals surface area contributed by atoms with E-state index >= 15 is 0 Å². The van der Waals surface area contributed by atoms with Crippen molar-refractivity contribution in [3.63, 3.8) is 0 Å². The van der Waals surface area contributed by atoms with Gasteiger partial charge in [-0.25, -0.2) is 4.79 Å². The van der Waals surface area contributed by atoms with Gasteiger partial charge in [-0.1, -0.05) is 79.4 Å². The lowest BCUT2D eigenvalue weighted by Gasteiger charge is -2.58. The van der Waals surface area contributed by atoms with Crippen molar-refractivity contribution in [1.29, 1.82) is 0 Å². The normalized spacial score (nSPS) is 34.5. The molecule has 48 heavy (non-hydrogen) atoms. The number of unbranched alkanes of at least 4 members (excludes halogenated alkanes) is 1. The molecular weight excluding hydrogens is 592 g/mol. The van der Waals surface area contributed by atoms with Gasteiger partial charge in [-0.05, 0) is 147 Å². The van der Waals surface area contributed by atoms with Gasteiger partial charge in [-0.3, -0.25) is 0 Å². The zero-order chi connectivity index (χ0) is 34.7. The first-order valence-corrected chi connectivity index (χ1v) is 20.5. The van der Waals surface area contributed by atoms with Crippen LogP contribution in [0.1, 0.15) is 145 Å². The van der Waals surface area contributed by atoms with Crippen LogP contribution >= 0.6 is 0 Å². The first-order valence-electron chi connectivity index (χ1n) is 20.5. The number of allylic oxidation sites excluding steroid dienone is 1. The Morgan fingerprint density at radius 3 is 2.46 bits per heavy atom. The molecule has 0 aromatic carbocycles. The van der Waals surface area contributed by atoms with Crippen molar-refractivity contribution >= 4 is 6.09 Å².